The molecule has 1 atom stereocenters. The first-order chi connectivity index (χ1) is 15.4. The highest BCUT2D eigenvalue weighted by molar-refractivity contribution is 5.86. The fourth-order valence-corrected chi connectivity index (χ4v) is 4.50. The lowest BCUT2D eigenvalue weighted by atomic mass is 9.99. The molecule has 0 aliphatic carbocycles. The van der Waals surface area contributed by atoms with E-state index in [-0.39, 0.29) is 12.0 Å². The van der Waals surface area contributed by atoms with Crippen molar-refractivity contribution in [2.45, 2.75) is 45.8 Å². The Morgan fingerprint density at radius 2 is 1.84 bits per heavy atom. The second-order valence-corrected chi connectivity index (χ2v) is 8.96. The fraction of sp³-hybridized carbons (Fsp3) is 0.407. The van der Waals surface area contributed by atoms with Gasteiger partial charge in [0.25, 0.3) is 0 Å². The van der Waals surface area contributed by atoms with Gasteiger partial charge in [-0.2, -0.15) is 0 Å². The smallest absolute Gasteiger partial charge is 0.227 e. The predicted molar refractivity (Wildman–Crippen MR) is 130 cm³/mol. The lowest BCUT2D eigenvalue weighted by molar-refractivity contribution is -0.132. The number of fused-ring (bicyclic) bond motifs is 1. The molecular formula is C27H33N3O2. The van der Waals surface area contributed by atoms with E-state index in [9.17, 15) is 4.79 Å². The van der Waals surface area contributed by atoms with Gasteiger partial charge >= 0.3 is 0 Å². The summed E-state index contributed by atoms with van der Waals surface area (Å²) < 4.78 is 5.86. The van der Waals surface area contributed by atoms with Gasteiger partial charge in [0.05, 0.1) is 18.0 Å². The number of amides is 1. The van der Waals surface area contributed by atoms with Crippen molar-refractivity contribution in [3.05, 3.63) is 70.9 Å². The maximum Gasteiger partial charge on any atom is 0.227 e. The Balaban J connectivity index is 1.58. The lowest BCUT2D eigenvalue weighted by Gasteiger charge is -2.27. The molecule has 0 radical (unpaired) electrons. The summed E-state index contributed by atoms with van der Waals surface area (Å²) in [5.41, 5.74) is 6.38. The summed E-state index contributed by atoms with van der Waals surface area (Å²) >= 11 is 0. The van der Waals surface area contributed by atoms with Gasteiger partial charge in [0.1, 0.15) is 0 Å². The maximum absolute atomic E-state index is 13.6. The molecule has 168 valence electrons. The first-order valence-electron chi connectivity index (χ1n) is 11.4. The van der Waals surface area contributed by atoms with Crippen molar-refractivity contribution in [2.24, 2.45) is 0 Å². The van der Waals surface area contributed by atoms with Crippen molar-refractivity contribution in [3.63, 3.8) is 0 Å². The van der Waals surface area contributed by atoms with Gasteiger partial charge in [-0.25, -0.2) is 0 Å². The van der Waals surface area contributed by atoms with Gasteiger partial charge in [0.2, 0.25) is 5.91 Å². The Morgan fingerprint density at radius 1 is 1.09 bits per heavy atom. The minimum atomic E-state index is 0.122. The summed E-state index contributed by atoms with van der Waals surface area (Å²) in [4.78, 5) is 22.4. The summed E-state index contributed by atoms with van der Waals surface area (Å²) in [6, 6.07) is 16.6. The van der Waals surface area contributed by atoms with Crippen LogP contribution in [-0.2, 0) is 22.5 Å². The molecule has 4 rings (SSSR count). The summed E-state index contributed by atoms with van der Waals surface area (Å²) in [5.74, 6) is 0.125. The summed E-state index contributed by atoms with van der Waals surface area (Å²) in [5, 5.41) is 1.12. The lowest BCUT2D eigenvalue weighted by Crippen LogP contribution is -2.38. The number of anilines is 1. The Morgan fingerprint density at radius 3 is 2.53 bits per heavy atom. The normalized spacial score (nSPS) is 15.8. The minimum absolute atomic E-state index is 0.122. The molecule has 5 nitrogen and oxygen atoms in total. The van der Waals surface area contributed by atoms with E-state index in [1.807, 2.05) is 44.1 Å². The van der Waals surface area contributed by atoms with Gasteiger partial charge in [0, 0.05) is 50.6 Å². The SMILES string of the molecule is Cc1nc2ccccc2c(C)c1CC(=O)N(Cc1ccc(N(C)C)cc1)CC1CCCO1. The minimum Gasteiger partial charge on any atom is -0.378 e. The molecule has 1 amide bonds. The number of carbonyl (C=O) groups excluding carboxylic acids is 1. The second kappa shape index (κ2) is 9.70. The molecule has 0 bridgehead atoms. The maximum atomic E-state index is 13.6. The zero-order chi connectivity index (χ0) is 22.7. The highest BCUT2D eigenvalue weighted by Gasteiger charge is 2.24. The predicted octanol–water partition coefficient (Wildman–Crippen LogP) is 4.67. The molecule has 32 heavy (non-hydrogen) atoms. The molecule has 1 aliphatic rings. The van der Waals surface area contributed by atoms with Crippen molar-refractivity contribution in [1.29, 1.82) is 0 Å². The molecule has 2 heterocycles. The van der Waals surface area contributed by atoms with Gasteiger partial charge < -0.3 is 14.5 Å². The zero-order valence-electron chi connectivity index (χ0n) is 19.6. The third-order valence-corrected chi connectivity index (χ3v) is 6.44. The Bertz CT molecular complexity index is 1090. The first kappa shape index (κ1) is 22.3. The molecule has 2 aromatic carbocycles. The number of pyridine rings is 1. The number of carbonyl (C=O) groups is 1. The molecule has 3 aromatic rings. The standard InChI is InChI=1S/C27H33N3O2/c1-19-24-9-5-6-10-26(24)28-20(2)25(19)16-27(31)30(18-23-8-7-15-32-23)17-21-11-13-22(14-12-21)29(3)4/h5-6,9-14,23H,7-8,15-18H2,1-4H3. The van der Waals surface area contributed by atoms with E-state index < -0.39 is 0 Å². The van der Waals surface area contributed by atoms with E-state index in [4.69, 9.17) is 9.72 Å². The Labute approximate surface area is 191 Å². The fourth-order valence-electron chi connectivity index (χ4n) is 4.50. The average Bonchev–Trinajstić information content (AvgIpc) is 3.29. The van der Waals surface area contributed by atoms with Crippen LogP contribution in [0.15, 0.2) is 48.5 Å². The quantitative estimate of drug-likeness (QED) is 0.545. The molecule has 1 aliphatic heterocycles. The molecule has 0 spiro atoms. The Kier molecular flexibility index (Phi) is 6.75. The van der Waals surface area contributed by atoms with Crippen LogP contribution >= 0.6 is 0 Å². The molecule has 0 N–H and O–H groups in total. The van der Waals surface area contributed by atoms with Gasteiger partial charge in [-0.15, -0.1) is 0 Å². The first-order valence-corrected chi connectivity index (χ1v) is 11.4. The van der Waals surface area contributed by atoms with Crippen LogP contribution in [0.1, 0.15) is 35.2 Å². The van der Waals surface area contributed by atoms with E-state index >= 15 is 0 Å². The van der Waals surface area contributed by atoms with Gasteiger partial charge in [0.15, 0.2) is 0 Å². The van der Waals surface area contributed by atoms with E-state index in [2.05, 4.69) is 42.2 Å². The number of aromatic nitrogens is 1. The third-order valence-electron chi connectivity index (χ3n) is 6.44. The van der Waals surface area contributed by atoms with Crippen molar-refractivity contribution in [3.8, 4) is 0 Å². The molecule has 5 heteroatoms. The highest BCUT2D eigenvalue weighted by Crippen LogP contribution is 2.24. The largest absolute Gasteiger partial charge is 0.378 e. The van der Waals surface area contributed by atoms with Crippen molar-refractivity contribution < 1.29 is 9.53 Å². The van der Waals surface area contributed by atoms with E-state index in [0.717, 1.165) is 58.4 Å². The summed E-state index contributed by atoms with van der Waals surface area (Å²) in [6.45, 7) is 6.12. The van der Waals surface area contributed by atoms with Crippen molar-refractivity contribution >= 4 is 22.5 Å². The number of hydrogen-bond donors (Lipinski definition) is 0. The molecule has 1 saturated heterocycles. The summed E-state index contributed by atoms with van der Waals surface area (Å²) in [7, 11) is 4.06. The number of hydrogen-bond acceptors (Lipinski definition) is 4. The third kappa shape index (κ3) is 4.94. The number of para-hydroxylation sites is 1. The van der Waals surface area contributed by atoms with Crippen LogP contribution < -0.4 is 4.90 Å². The molecule has 1 unspecified atom stereocenters. The molecule has 0 saturated carbocycles. The van der Waals surface area contributed by atoms with Crippen LogP contribution in [0, 0.1) is 13.8 Å². The number of rotatable bonds is 7. The van der Waals surface area contributed by atoms with Crippen molar-refractivity contribution in [2.75, 3.05) is 32.1 Å². The van der Waals surface area contributed by atoms with E-state index in [0.29, 0.717) is 19.5 Å². The topological polar surface area (TPSA) is 45.7 Å². The van der Waals surface area contributed by atoms with Crippen LogP contribution in [0.3, 0.4) is 0 Å². The van der Waals surface area contributed by atoms with Crippen molar-refractivity contribution in [1.82, 2.24) is 9.88 Å². The van der Waals surface area contributed by atoms with Crippen LogP contribution in [0.4, 0.5) is 5.69 Å². The van der Waals surface area contributed by atoms with Crippen LogP contribution in [-0.4, -0.2) is 49.1 Å². The van der Waals surface area contributed by atoms with E-state index in [1.54, 1.807) is 0 Å². The molecule has 1 fully saturated rings. The average molecular weight is 432 g/mol. The number of nitrogens with zero attached hydrogens (tertiary/aromatic N) is 3. The Hall–Kier alpha value is -2.92. The second-order valence-electron chi connectivity index (χ2n) is 8.96. The number of benzene rings is 2. The highest BCUT2D eigenvalue weighted by atomic mass is 16.5. The monoisotopic (exact) mass is 431 g/mol. The molecular weight excluding hydrogens is 398 g/mol. The van der Waals surface area contributed by atoms with Gasteiger partial charge in [-0.05, 0) is 61.6 Å². The van der Waals surface area contributed by atoms with Gasteiger partial charge in [-0.3, -0.25) is 9.78 Å². The number of ether oxygens (including phenoxy) is 1. The van der Waals surface area contributed by atoms with Crippen LogP contribution in [0.5, 0.6) is 0 Å². The van der Waals surface area contributed by atoms with Crippen LogP contribution in [0.2, 0.25) is 0 Å². The van der Waals surface area contributed by atoms with Gasteiger partial charge in [-0.1, -0.05) is 30.3 Å². The zero-order valence-corrected chi connectivity index (χ0v) is 19.6. The molecule has 1 aromatic heterocycles. The summed E-state index contributed by atoms with van der Waals surface area (Å²) in [6.07, 6.45) is 2.56. The number of aryl methyl sites for hydroxylation is 2. The van der Waals surface area contributed by atoms with E-state index in [1.165, 1.54) is 0 Å². The van der Waals surface area contributed by atoms with Crippen LogP contribution in [0.25, 0.3) is 10.9 Å².